The predicted octanol–water partition coefficient (Wildman–Crippen LogP) is 3.54. The number of benzene rings is 1. The monoisotopic (exact) mass is 478 g/mol. The molecule has 0 bridgehead atoms. The minimum Gasteiger partial charge on any atom is -0.477 e. The van der Waals surface area contributed by atoms with Crippen molar-refractivity contribution in [2.45, 2.75) is 46.1 Å². The van der Waals surface area contributed by atoms with Gasteiger partial charge in [0, 0.05) is 30.5 Å². The molecule has 3 aromatic rings. The topological polar surface area (TPSA) is 111 Å². The summed E-state index contributed by atoms with van der Waals surface area (Å²) in [5.74, 6) is -0.215. The molecular weight excluding hydrogens is 448 g/mol. The van der Waals surface area contributed by atoms with Crippen molar-refractivity contribution in [3.05, 3.63) is 53.9 Å². The molecule has 0 unspecified atom stereocenters. The van der Waals surface area contributed by atoms with Crippen molar-refractivity contribution in [3.8, 4) is 11.7 Å². The quantitative estimate of drug-likeness (QED) is 0.490. The van der Waals surface area contributed by atoms with Crippen LogP contribution in [0.15, 0.2) is 42.6 Å². The molecule has 184 valence electrons. The van der Waals surface area contributed by atoms with E-state index in [4.69, 9.17) is 9.47 Å². The minimum absolute atomic E-state index is 0.242. The number of ether oxygens (including phenoxy) is 2. The average molecular weight is 479 g/mol. The summed E-state index contributed by atoms with van der Waals surface area (Å²) in [6, 6.07) is 11.1. The fourth-order valence-electron chi connectivity index (χ4n) is 3.92. The highest BCUT2D eigenvalue weighted by Gasteiger charge is 2.23. The van der Waals surface area contributed by atoms with Gasteiger partial charge in [0.25, 0.3) is 5.91 Å². The third-order valence-electron chi connectivity index (χ3n) is 5.87. The van der Waals surface area contributed by atoms with Gasteiger partial charge in [-0.1, -0.05) is 0 Å². The Bertz CT molecular complexity index is 1150. The number of rotatable bonds is 8. The van der Waals surface area contributed by atoms with E-state index in [9.17, 15) is 9.59 Å². The number of piperidine rings is 1. The fourth-order valence-corrected chi connectivity index (χ4v) is 3.92. The first kappa shape index (κ1) is 24.2. The first-order chi connectivity index (χ1) is 17.0. The molecule has 2 aromatic heterocycles. The van der Waals surface area contributed by atoms with Gasteiger partial charge in [-0.05, 0) is 70.4 Å². The highest BCUT2D eigenvalue weighted by molar-refractivity contribution is 5.97. The Labute approximate surface area is 204 Å². The number of nitrogens with zero attached hydrogens (tertiary/aromatic N) is 5. The van der Waals surface area contributed by atoms with Gasteiger partial charge in [-0.2, -0.15) is 5.10 Å². The van der Waals surface area contributed by atoms with Crippen LogP contribution in [0.3, 0.4) is 0 Å². The van der Waals surface area contributed by atoms with Crippen LogP contribution in [0, 0.1) is 6.92 Å². The van der Waals surface area contributed by atoms with E-state index in [2.05, 4.69) is 25.5 Å². The van der Waals surface area contributed by atoms with Gasteiger partial charge in [0.1, 0.15) is 5.56 Å². The van der Waals surface area contributed by atoms with Gasteiger partial charge in [0.15, 0.2) is 11.9 Å². The Kier molecular flexibility index (Phi) is 7.59. The zero-order chi connectivity index (χ0) is 24.8. The predicted molar refractivity (Wildman–Crippen MR) is 131 cm³/mol. The van der Waals surface area contributed by atoms with Crippen molar-refractivity contribution in [2.24, 2.45) is 0 Å². The molecular formula is C25H30N6O4. The second-order valence-corrected chi connectivity index (χ2v) is 8.35. The van der Waals surface area contributed by atoms with Crippen LogP contribution in [0.25, 0.3) is 5.82 Å². The van der Waals surface area contributed by atoms with Crippen molar-refractivity contribution in [1.82, 2.24) is 20.0 Å². The highest BCUT2D eigenvalue weighted by Crippen LogP contribution is 2.22. The normalized spacial score (nSPS) is 14.3. The smallest absolute Gasteiger partial charge is 0.342 e. The van der Waals surface area contributed by atoms with Gasteiger partial charge in [-0.15, -0.1) is 10.2 Å². The van der Waals surface area contributed by atoms with Crippen LogP contribution < -0.4 is 15.0 Å². The number of aromatic nitrogens is 4. The van der Waals surface area contributed by atoms with Crippen molar-refractivity contribution in [3.63, 3.8) is 0 Å². The second kappa shape index (κ2) is 11.0. The summed E-state index contributed by atoms with van der Waals surface area (Å²) in [7, 11) is 0. The van der Waals surface area contributed by atoms with Crippen LogP contribution >= 0.6 is 0 Å². The fraction of sp³-hybridized carbons (Fsp3) is 0.400. The van der Waals surface area contributed by atoms with Crippen LogP contribution in [0.1, 0.15) is 49.2 Å². The van der Waals surface area contributed by atoms with Crippen molar-refractivity contribution < 1.29 is 19.1 Å². The number of amides is 1. The molecule has 1 saturated heterocycles. The first-order valence-corrected chi connectivity index (χ1v) is 11.8. The third kappa shape index (κ3) is 5.76. The molecule has 1 N–H and O–H groups in total. The molecule has 10 heteroatoms. The Balaban J connectivity index is 1.35. The first-order valence-electron chi connectivity index (χ1n) is 11.8. The highest BCUT2D eigenvalue weighted by atomic mass is 16.5. The molecule has 35 heavy (non-hydrogen) atoms. The van der Waals surface area contributed by atoms with Gasteiger partial charge < -0.3 is 19.7 Å². The van der Waals surface area contributed by atoms with E-state index < -0.39 is 18.0 Å². The maximum absolute atomic E-state index is 12.7. The number of anilines is 2. The Hall–Kier alpha value is -3.95. The lowest BCUT2D eigenvalue weighted by molar-refractivity contribution is -0.123. The van der Waals surface area contributed by atoms with Crippen molar-refractivity contribution >= 4 is 23.3 Å². The van der Waals surface area contributed by atoms with Crippen LogP contribution in [0.2, 0.25) is 0 Å². The van der Waals surface area contributed by atoms with Gasteiger partial charge in [0.05, 0.1) is 18.5 Å². The number of carbonyl (C=O) groups is 2. The van der Waals surface area contributed by atoms with E-state index >= 15 is 0 Å². The van der Waals surface area contributed by atoms with Gasteiger partial charge in [0.2, 0.25) is 5.88 Å². The molecule has 1 atom stereocenters. The number of hydrogen-bond donors (Lipinski definition) is 1. The van der Waals surface area contributed by atoms with Crippen molar-refractivity contribution in [1.29, 1.82) is 0 Å². The van der Waals surface area contributed by atoms with E-state index in [0.717, 1.165) is 18.8 Å². The van der Waals surface area contributed by atoms with E-state index in [1.807, 2.05) is 31.2 Å². The van der Waals surface area contributed by atoms with Gasteiger partial charge in [-0.25, -0.2) is 9.48 Å². The standard InChI is InChI=1S/C25H30N6O4/c1-4-34-23-13-12-22(28-29-23)31-17(2)21(16-26-31)25(33)35-18(3)24(32)27-19-8-10-20(11-9-19)30-14-6-5-7-15-30/h8-13,16,18H,4-7,14-15H2,1-3H3,(H,27,32)/t18-/m1/s1. The number of carbonyl (C=O) groups excluding carboxylic acids is 2. The summed E-state index contributed by atoms with van der Waals surface area (Å²) in [5.41, 5.74) is 2.56. The molecule has 1 aliphatic rings. The maximum atomic E-state index is 12.7. The second-order valence-electron chi connectivity index (χ2n) is 8.35. The summed E-state index contributed by atoms with van der Waals surface area (Å²) < 4.78 is 12.2. The summed E-state index contributed by atoms with van der Waals surface area (Å²) >= 11 is 0. The molecule has 0 spiro atoms. The molecule has 0 aliphatic carbocycles. The largest absolute Gasteiger partial charge is 0.477 e. The van der Waals surface area contributed by atoms with Crippen LogP contribution in [0.4, 0.5) is 11.4 Å². The van der Waals surface area contributed by atoms with E-state index in [0.29, 0.717) is 29.7 Å². The van der Waals surface area contributed by atoms with Crippen LogP contribution in [-0.4, -0.2) is 57.7 Å². The summed E-state index contributed by atoms with van der Waals surface area (Å²) in [6.45, 7) is 7.71. The summed E-state index contributed by atoms with van der Waals surface area (Å²) in [6.07, 6.45) is 4.08. The zero-order valence-electron chi connectivity index (χ0n) is 20.2. The Morgan fingerprint density at radius 1 is 1.06 bits per heavy atom. The minimum atomic E-state index is -0.989. The molecule has 1 fully saturated rings. The lowest BCUT2D eigenvalue weighted by Gasteiger charge is -2.28. The van der Waals surface area contributed by atoms with E-state index in [1.54, 1.807) is 19.1 Å². The SMILES string of the molecule is CCOc1ccc(-n2ncc(C(=O)O[C@H](C)C(=O)Nc3ccc(N4CCCCC4)cc3)c2C)nn1. The lowest BCUT2D eigenvalue weighted by atomic mass is 10.1. The molecule has 10 nitrogen and oxygen atoms in total. The molecule has 4 rings (SSSR count). The zero-order valence-corrected chi connectivity index (χ0v) is 20.2. The Morgan fingerprint density at radius 2 is 1.80 bits per heavy atom. The maximum Gasteiger partial charge on any atom is 0.342 e. The third-order valence-corrected chi connectivity index (χ3v) is 5.87. The molecule has 0 radical (unpaired) electrons. The number of hydrogen-bond acceptors (Lipinski definition) is 8. The number of esters is 1. The molecule has 1 amide bonds. The van der Waals surface area contributed by atoms with Crippen LogP contribution in [0.5, 0.6) is 5.88 Å². The molecule has 1 aromatic carbocycles. The van der Waals surface area contributed by atoms with E-state index in [-0.39, 0.29) is 5.56 Å². The molecule has 1 aliphatic heterocycles. The van der Waals surface area contributed by atoms with E-state index in [1.165, 1.54) is 37.1 Å². The summed E-state index contributed by atoms with van der Waals surface area (Å²) in [5, 5.41) is 15.1. The van der Waals surface area contributed by atoms with Crippen LogP contribution in [-0.2, 0) is 9.53 Å². The molecule has 3 heterocycles. The lowest BCUT2D eigenvalue weighted by Crippen LogP contribution is -2.30. The molecule has 0 saturated carbocycles. The number of nitrogens with one attached hydrogen (secondary N) is 1. The van der Waals surface area contributed by atoms with Gasteiger partial charge >= 0.3 is 5.97 Å². The van der Waals surface area contributed by atoms with Crippen molar-refractivity contribution in [2.75, 3.05) is 29.9 Å². The van der Waals surface area contributed by atoms with Gasteiger partial charge in [-0.3, -0.25) is 4.79 Å². The average Bonchev–Trinajstić information content (AvgIpc) is 3.27. The Morgan fingerprint density at radius 3 is 2.46 bits per heavy atom. The summed E-state index contributed by atoms with van der Waals surface area (Å²) in [4.78, 5) is 27.7.